The lowest BCUT2D eigenvalue weighted by Crippen LogP contribution is -2.47. The van der Waals surface area contributed by atoms with Gasteiger partial charge >= 0.3 is 0 Å². The number of benzene rings is 1. The molecule has 2 aromatic rings. The van der Waals surface area contributed by atoms with Crippen LogP contribution >= 0.6 is 23.2 Å². The standard InChI is InChI=1S/C20H25Cl2N5O2/c1-25(13-14-3-4-16(21)17(22)11-14)15-6-9-27(10-7-15)19(28)12-23-18-5-8-24-26(2)20(18)29/h3-5,8,11,15,23H,6-7,9-10,12-13H2,1-2H3. The van der Waals surface area contributed by atoms with Gasteiger partial charge in [0.05, 0.1) is 16.6 Å². The van der Waals surface area contributed by atoms with E-state index in [0.717, 1.165) is 24.9 Å². The van der Waals surface area contributed by atoms with Crippen LogP contribution in [0.3, 0.4) is 0 Å². The molecule has 1 aromatic heterocycles. The molecule has 9 heteroatoms. The summed E-state index contributed by atoms with van der Waals surface area (Å²) in [6.07, 6.45) is 3.34. The van der Waals surface area contributed by atoms with E-state index in [1.54, 1.807) is 13.1 Å². The molecule has 1 amide bonds. The number of nitrogens with one attached hydrogen (secondary N) is 1. The molecule has 1 N–H and O–H groups in total. The average molecular weight is 438 g/mol. The summed E-state index contributed by atoms with van der Waals surface area (Å²) in [6, 6.07) is 7.68. The zero-order chi connectivity index (χ0) is 21.0. The second kappa shape index (κ2) is 9.61. The number of piperidine rings is 1. The monoisotopic (exact) mass is 437 g/mol. The highest BCUT2D eigenvalue weighted by molar-refractivity contribution is 6.42. The van der Waals surface area contributed by atoms with Gasteiger partial charge in [0.15, 0.2) is 0 Å². The van der Waals surface area contributed by atoms with Crippen molar-refractivity contribution in [1.82, 2.24) is 19.6 Å². The zero-order valence-corrected chi connectivity index (χ0v) is 18.1. The highest BCUT2D eigenvalue weighted by Gasteiger charge is 2.25. The summed E-state index contributed by atoms with van der Waals surface area (Å²) in [5.41, 5.74) is 1.25. The van der Waals surface area contributed by atoms with Crippen LogP contribution in [0, 0.1) is 0 Å². The van der Waals surface area contributed by atoms with Crippen molar-refractivity contribution in [2.45, 2.75) is 25.4 Å². The first kappa shape index (κ1) is 21.6. The van der Waals surface area contributed by atoms with Crippen molar-refractivity contribution in [2.75, 3.05) is 32.0 Å². The summed E-state index contributed by atoms with van der Waals surface area (Å²) in [4.78, 5) is 28.6. The first-order chi connectivity index (χ1) is 13.8. The summed E-state index contributed by atoms with van der Waals surface area (Å²) < 4.78 is 1.24. The molecule has 0 aliphatic carbocycles. The lowest BCUT2D eigenvalue weighted by atomic mass is 10.0. The van der Waals surface area contributed by atoms with Gasteiger partial charge in [0.2, 0.25) is 5.91 Å². The van der Waals surface area contributed by atoms with Crippen molar-refractivity contribution in [3.8, 4) is 0 Å². The van der Waals surface area contributed by atoms with Gasteiger partial charge in [-0.15, -0.1) is 0 Å². The fraction of sp³-hybridized carbons (Fsp3) is 0.450. The fourth-order valence-electron chi connectivity index (χ4n) is 3.53. The molecule has 0 unspecified atom stereocenters. The molecule has 1 aliphatic rings. The van der Waals surface area contributed by atoms with Crippen LogP contribution in [-0.2, 0) is 18.4 Å². The molecule has 0 atom stereocenters. The van der Waals surface area contributed by atoms with Crippen LogP contribution < -0.4 is 10.9 Å². The average Bonchev–Trinajstić information content (AvgIpc) is 2.71. The second-order valence-electron chi connectivity index (χ2n) is 7.30. The van der Waals surface area contributed by atoms with Gasteiger partial charge in [-0.05, 0) is 43.7 Å². The molecule has 0 radical (unpaired) electrons. The number of carbonyl (C=O) groups excluding carboxylic acids is 1. The van der Waals surface area contributed by atoms with Crippen LogP contribution in [-0.4, -0.2) is 58.2 Å². The second-order valence-corrected chi connectivity index (χ2v) is 8.12. The molecule has 1 saturated heterocycles. The third-order valence-corrected chi connectivity index (χ3v) is 6.03. The summed E-state index contributed by atoms with van der Waals surface area (Å²) in [6.45, 7) is 2.28. The Morgan fingerprint density at radius 3 is 2.66 bits per heavy atom. The van der Waals surface area contributed by atoms with E-state index < -0.39 is 0 Å². The maximum Gasteiger partial charge on any atom is 0.289 e. The predicted octanol–water partition coefficient (Wildman–Crippen LogP) is 2.62. The van der Waals surface area contributed by atoms with E-state index in [0.29, 0.717) is 34.9 Å². The minimum Gasteiger partial charge on any atom is -0.372 e. The van der Waals surface area contributed by atoms with Gasteiger partial charge < -0.3 is 10.2 Å². The van der Waals surface area contributed by atoms with Crippen molar-refractivity contribution >= 4 is 34.8 Å². The van der Waals surface area contributed by atoms with Gasteiger partial charge in [0.1, 0.15) is 5.69 Å². The van der Waals surface area contributed by atoms with Gasteiger partial charge in [0, 0.05) is 38.9 Å². The molecule has 2 heterocycles. The zero-order valence-electron chi connectivity index (χ0n) is 16.6. The van der Waals surface area contributed by atoms with Crippen molar-refractivity contribution in [3.63, 3.8) is 0 Å². The number of aryl methyl sites for hydroxylation is 1. The van der Waals surface area contributed by atoms with E-state index in [1.165, 1.54) is 10.9 Å². The number of carbonyl (C=O) groups is 1. The van der Waals surface area contributed by atoms with E-state index in [1.807, 2.05) is 23.1 Å². The highest BCUT2D eigenvalue weighted by atomic mass is 35.5. The van der Waals surface area contributed by atoms with Crippen LogP contribution in [0.4, 0.5) is 5.69 Å². The molecule has 3 rings (SSSR count). The Morgan fingerprint density at radius 2 is 1.97 bits per heavy atom. The van der Waals surface area contributed by atoms with Crippen molar-refractivity contribution < 1.29 is 4.79 Å². The predicted molar refractivity (Wildman–Crippen MR) is 115 cm³/mol. The van der Waals surface area contributed by atoms with Crippen LogP contribution in [0.25, 0.3) is 0 Å². The molecule has 0 spiro atoms. The van der Waals surface area contributed by atoms with Crippen LogP contribution in [0.15, 0.2) is 35.3 Å². The number of aromatic nitrogens is 2. The Bertz CT molecular complexity index is 925. The van der Waals surface area contributed by atoms with Crippen molar-refractivity contribution in [1.29, 1.82) is 0 Å². The third-order valence-electron chi connectivity index (χ3n) is 5.29. The number of nitrogens with zero attached hydrogens (tertiary/aromatic N) is 4. The molecule has 0 bridgehead atoms. The topological polar surface area (TPSA) is 70.5 Å². The first-order valence-corrected chi connectivity index (χ1v) is 10.3. The van der Waals surface area contributed by atoms with Crippen LogP contribution in [0.2, 0.25) is 10.0 Å². The maximum atomic E-state index is 12.5. The van der Waals surface area contributed by atoms with Crippen LogP contribution in [0.5, 0.6) is 0 Å². The van der Waals surface area contributed by atoms with E-state index in [2.05, 4.69) is 22.4 Å². The lowest BCUT2D eigenvalue weighted by Gasteiger charge is -2.37. The Kier molecular flexibility index (Phi) is 7.16. The van der Waals surface area contributed by atoms with Crippen molar-refractivity contribution in [2.24, 2.45) is 7.05 Å². The largest absolute Gasteiger partial charge is 0.372 e. The quantitative estimate of drug-likeness (QED) is 0.751. The van der Waals surface area contributed by atoms with Gasteiger partial charge in [0.25, 0.3) is 5.56 Å². The number of hydrogen-bond acceptors (Lipinski definition) is 5. The van der Waals surface area contributed by atoms with Gasteiger partial charge in [-0.25, -0.2) is 4.68 Å². The minimum atomic E-state index is -0.247. The molecule has 156 valence electrons. The SMILES string of the molecule is CN(Cc1ccc(Cl)c(Cl)c1)C1CCN(C(=O)CNc2ccnn(C)c2=O)CC1. The fourth-order valence-corrected chi connectivity index (χ4v) is 3.85. The Labute approximate surface area is 180 Å². The smallest absolute Gasteiger partial charge is 0.289 e. The third kappa shape index (κ3) is 5.50. The molecule has 1 aliphatic heterocycles. The van der Waals surface area contributed by atoms with Gasteiger partial charge in [-0.3, -0.25) is 14.5 Å². The molecule has 0 saturated carbocycles. The summed E-state index contributed by atoms with van der Waals surface area (Å²) in [7, 11) is 3.67. The molecule has 29 heavy (non-hydrogen) atoms. The Morgan fingerprint density at radius 1 is 1.24 bits per heavy atom. The number of amides is 1. The van der Waals surface area contributed by atoms with E-state index >= 15 is 0 Å². The number of hydrogen-bond donors (Lipinski definition) is 1. The Balaban J connectivity index is 1.47. The van der Waals surface area contributed by atoms with Gasteiger partial charge in [-0.2, -0.15) is 5.10 Å². The van der Waals surface area contributed by atoms with Crippen molar-refractivity contribution in [3.05, 3.63) is 56.4 Å². The van der Waals surface area contributed by atoms with E-state index in [9.17, 15) is 9.59 Å². The van der Waals surface area contributed by atoms with E-state index in [-0.39, 0.29) is 18.0 Å². The number of rotatable bonds is 6. The maximum absolute atomic E-state index is 12.5. The normalized spacial score (nSPS) is 15.0. The first-order valence-electron chi connectivity index (χ1n) is 9.53. The van der Waals surface area contributed by atoms with Gasteiger partial charge in [-0.1, -0.05) is 29.3 Å². The molecule has 1 fully saturated rings. The lowest BCUT2D eigenvalue weighted by molar-refractivity contribution is -0.130. The minimum absolute atomic E-state index is 0.00514. The highest BCUT2D eigenvalue weighted by Crippen LogP contribution is 2.24. The molecule has 1 aromatic carbocycles. The van der Waals surface area contributed by atoms with Crippen LogP contribution in [0.1, 0.15) is 18.4 Å². The Hall–Kier alpha value is -2.09. The summed E-state index contributed by atoms with van der Waals surface area (Å²) in [5.74, 6) is -0.00514. The summed E-state index contributed by atoms with van der Waals surface area (Å²) >= 11 is 12.1. The van der Waals surface area contributed by atoms with E-state index in [4.69, 9.17) is 23.2 Å². The summed E-state index contributed by atoms with van der Waals surface area (Å²) in [5, 5.41) is 7.92. The molecule has 7 nitrogen and oxygen atoms in total. The molecular formula is C20H25Cl2N5O2. The number of halogens is 2. The number of likely N-dealkylation sites (tertiary alicyclic amines) is 1. The molecular weight excluding hydrogens is 413 g/mol. The number of anilines is 1.